The van der Waals surface area contributed by atoms with Crippen LogP contribution >= 0.6 is 11.6 Å². The van der Waals surface area contributed by atoms with Crippen molar-refractivity contribution in [3.63, 3.8) is 0 Å². The smallest absolute Gasteiger partial charge is 0.178 e. The topological polar surface area (TPSA) is 66.4 Å². The highest BCUT2D eigenvalue weighted by molar-refractivity contribution is 7.91. The van der Waals surface area contributed by atoms with Gasteiger partial charge in [-0.15, -0.1) is 0 Å². The van der Waals surface area contributed by atoms with Crippen LogP contribution in [0.4, 0.5) is 0 Å². The molecule has 0 heterocycles. The molecule has 0 amide bonds. The Labute approximate surface area is 186 Å². The average Bonchev–Trinajstić information content (AvgIpc) is 2.72. The minimum Gasteiger partial charge on any atom is -0.387 e. The maximum absolute atomic E-state index is 12.5. The van der Waals surface area contributed by atoms with Gasteiger partial charge in [0.2, 0.25) is 0 Å². The van der Waals surface area contributed by atoms with E-state index in [4.69, 9.17) is 11.6 Å². The van der Waals surface area contributed by atoms with E-state index in [2.05, 4.69) is 12.2 Å². The van der Waals surface area contributed by atoms with Gasteiger partial charge in [-0.25, -0.2) is 8.42 Å². The number of halogens is 1. The second kappa shape index (κ2) is 12.5. The minimum atomic E-state index is -3.21. The normalized spacial score (nSPS) is 13.9. The first-order valence-corrected chi connectivity index (χ1v) is 12.8. The Morgan fingerprint density at radius 2 is 1.73 bits per heavy atom. The number of nitrogens with one attached hydrogen (secondary N) is 1. The molecule has 0 aliphatic carbocycles. The summed E-state index contributed by atoms with van der Waals surface area (Å²) >= 11 is 5.98. The number of aliphatic hydroxyl groups is 1. The maximum Gasteiger partial charge on any atom is 0.178 e. The molecule has 166 valence electrons. The molecule has 0 fully saturated rings. The van der Waals surface area contributed by atoms with Crippen molar-refractivity contribution in [3.8, 4) is 0 Å². The monoisotopic (exact) mass is 451 g/mol. The number of benzene rings is 2. The fourth-order valence-electron chi connectivity index (χ4n) is 3.42. The molecule has 2 rings (SSSR count). The lowest BCUT2D eigenvalue weighted by Crippen LogP contribution is -2.32. The van der Waals surface area contributed by atoms with E-state index >= 15 is 0 Å². The van der Waals surface area contributed by atoms with Crippen molar-refractivity contribution >= 4 is 21.4 Å². The first kappa shape index (κ1) is 24.9. The van der Waals surface area contributed by atoms with Gasteiger partial charge in [0.15, 0.2) is 9.84 Å². The van der Waals surface area contributed by atoms with E-state index < -0.39 is 15.9 Å². The van der Waals surface area contributed by atoms with Crippen LogP contribution in [-0.4, -0.2) is 31.9 Å². The van der Waals surface area contributed by atoms with Gasteiger partial charge in [0.1, 0.15) is 0 Å². The van der Waals surface area contributed by atoms with Crippen LogP contribution in [0.2, 0.25) is 5.02 Å². The molecule has 2 atom stereocenters. The van der Waals surface area contributed by atoms with Crippen molar-refractivity contribution in [2.24, 2.45) is 0 Å². The third-order valence-corrected chi connectivity index (χ3v) is 7.29. The van der Waals surface area contributed by atoms with Crippen molar-refractivity contribution in [3.05, 3.63) is 64.7 Å². The molecule has 0 radical (unpaired) electrons. The summed E-state index contributed by atoms with van der Waals surface area (Å²) in [5.41, 5.74) is 1.85. The zero-order chi connectivity index (χ0) is 22.0. The number of hydrogen-bond donors (Lipinski definition) is 2. The van der Waals surface area contributed by atoms with E-state index in [0.717, 1.165) is 49.7 Å². The summed E-state index contributed by atoms with van der Waals surface area (Å²) in [6, 6.07) is 14.6. The van der Waals surface area contributed by atoms with Gasteiger partial charge < -0.3 is 10.4 Å². The van der Waals surface area contributed by atoms with Crippen LogP contribution in [0.1, 0.15) is 63.2 Å². The largest absolute Gasteiger partial charge is 0.387 e. The summed E-state index contributed by atoms with van der Waals surface area (Å²) in [7, 11) is -3.21. The van der Waals surface area contributed by atoms with Crippen LogP contribution < -0.4 is 5.32 Å². The predicted molar refractivity (Wildman–Crippen MR) is 125 cm³/mol. The molecule has 0 bridgehead atoms. The number of aliphatic hydroxyl groups excluding tert-OH is 1. The summed E-state index contributed by atoms with van der Waals surface area (Å²) in [6.07, 6.45) is 5.23. The highest BCUT2D eigenvalue weighted by Crippen LogP contribution is 2.18. The molecular weight excluding hydrogens is 418 g/mol. The van der Waals surface area contributed by atoms with Crippen molar-refractivity contribution in [1.82, 2.24) is 5.32 Å². The van der Waals surface area contributed by atoms with Crippen molar-refractivity contribution in [2.45, 2.75) is 69.4 Å². The Balaban J connectivity index is 1.81. The van der Waals surface area contributed by atoms with E-state index in [1.54, 1.807) is 24.3 Å². The summed E-state index contributed by atoms with van der Waals surface area (Å²) < 4.78 is 25.0. The van der Waals surface area contributed by atoms with E-state index in [0.29, 0.717) is 16.5 Å². The molecule has 0 spiro atoms. The number of sulfone groups is 1. The summed E-state index contributed by atoms with van der Waals surface area (Å²) in [6.45, 7) is 4.62. The Hall–Kier alpha value is -1.40. The molecule has 0 saturated heterocycles. The summed E-state index contributed by atoms with van der Waals surface area (Å²) in [5, 5.41) is 14.3. The van der Waals surface area contributed by atoms with Gasteiger partial charge >= 0.3 is 0 Å². The molecule has 0 aliphatic rings. The van der Waals surface area contributed by atoms with Crippen LogP contribution in [0.3, 0.4) is 0 Å². The predicted octanol–water partition coefficient (Wildman–Crippen LogP) is 5.34. The van der Waals surface area contributed by atoms with Crippen LogP contribution in [-0.2, 0) is 16.3 Å². The van der Waals surface area contributed by atoms with Gasteiger partial charge in [-0.05, 0) is 55.2 Å². The highest BCUT2D eigenvalue weighted by atomic mass is 35.5. The first-order chi connectivity index (χ1) is 14.3. The third-order valence-electron chi connectivity index (χ3n) is 5.23. The van der Waals surface area contributed by atoms with Gasteiger partial charge in [0, 0.05) is 17.6 Å². The Bertz CT molecular complexity index is 868. The quantitative estimate of drug-likeness (QED) is 0.403. The molecule has 0 aromatic heterocycles. The van der Waals surface area contributed by atoms with E-state index in [1.165, 1.54) is 0 Å². The Kier molecular flexibility index (Phi) is 10.3. The van der Waals surface area contributed by atoms with Gasteiger partial charge in [0.05, 0.1) is 16.8 Å². The molecule has 2 aromatic carbocycles. The van der Waals surface area contributed by atoms with Gasteiger partial charge in [-0.1, -0.05) is 68.5 Å². The van der Waals surface area contributed by atoms with Crippen LogP contribution in [0, 0.1) is 0 Å². The lowest BCUT2D eigenvalue weighted by atomic mass is 10.1. The lowest BCUT2D eigenvalue weighted by Gasteiger charge is -2.18. The van der Waals surface area contributed by atoms with Crippen molar-refractivity contribution in [1.29, 1.82) is 0 Å². The van der Waals surface area contributed by atoms with E-state index in [9.17, 15) is 13.5 Å². The van der Waals surface area contributed by atoms with Crippen molar-refractivity contribution in [2.75, 3.05) is 12.3 Å². The fraction of sp³-hybridized carbons (Fsp3) is 0.500. The maximum atomic E-state index is 12.5. The molecule has 2 unspecified atom stereocenters. The first-order valence-electron chi connectivity index (χ1n) is 10.8. The van der Waals surface area contributed by atoms with Gasteiger partial charge in [-0.3, -0.25) is 0 Å². The molecule has 6 heteroatoms. The minimum absolute atomic E-state index is 0.139. The molecule has 0 aliphatic heterocycles. The highest BCUT2D eigenvalue weighted by Gasteiger charge is 2.15. The van der Waals surface area contributed by atoms with Gasteiger partial charge in [-0.2, -0.15) is 0 Å². The second-order valence-electron chi connectivity index (χ2n) is 7.96. The molecule has 30 heavy (non-hydrogen) atoms. The molecule has 4 nitrogen and oxygen atoms in total. The average molecular weight is 452 g/mol. The van der Waals surface area contributed by atoms with Crippen LogP contribution in [0.25, 0.3) is 0 Å². The number of hydrogen-bond acceptors (Lipinski definition) is 4. The molecule has 2 aromatic rings. The zero-order valence-corrected chi connectivity index (χ0v) is 19.6. The van der Waals surface area contributed by atoms with Crippen LogP contribution in [0.5, 0.6) is 0 Å². The standard InChI is InChI=1S/C24H34ClNO3S/c1-3-4-5-6-7-15-30(28,29)23-13-11-20(12-14-23)16-19(2)26-18-24(27)21-9-8-10-22(25)17-21/h8-14,17,19,24,26-27H,3-7,15-16,18H2,1-2H3. The Morgan fingerprint density at radius 1 is 1.03 bits per heavy atom. The lowest BCUT2D eigenvalue weighted by molar-refractivity contribution is 0.170. The SMILES string of the molecule is CCCCCCCS(=O)(=O)c1ccc(CC(C)NCC(O)c2cccc(Cl)c2)cc1. The fourth-order valence-corrected chi connectivity index (χ4v) is 4.99. The molecular formula is C24H34ClNO3S. The van der Waals surface area contributed by atoms with Gasteiger partial charge in [0.25, 0.3) is 0 Å². The van der Waals surface area contributed by atoms with Crippen molar-refractivity contribution < 1.29 is 13.5 Å². The third kappa shape index (κ3) is 8.38. The summed E-state index contributed by atoms with van der Waals surface area (Å²) in [5.74, 6) is 0.218. The summed E-state index contributed by atoms with van der Waals surface area (Å²) in [4.78, 5) is 0.402. The van der Waals surface area contributed by atoms with Crippen LogP contribution in [0.15, 0.2) is 53.4 Å². The Morgan fingerprint density at radius 3 is 2.40 bits per heavy atom. The number of unbranched alkanes of at least 4 members (excludes halogenated alkanes) is 4. The zero-order valence-electron chi connectivity index (χ0n) is 18.0. The molecule has 2 N–H and O–H groups in total. The van der Waals surface area contributed by atoms with E-state index in [1.807, 2.05) is 31.2 Å². The molecule has 0 saturated carbocycles. The second-order valence-corrected chi connectivity index (χ2v) is 10.5. The van der Waals surface area contributed by atoms with E-state index in [-0.39, 0.29) is 11.8 Å². The number of rotatable bonds is 13.